The van der Waals surface area contributed by atoms with E-state index >= 15 is 0 Å². The molecule has 1 amide bonds. The Balaban J connectivity index is 1.88. The third-order valence-corrected chi connectivity index (χ3v) is 6.00. The van der Waals surface area contributed by atoms with Gasteiger partial charge >= 0.3 is 0 Å². The zero-order valence-corrected chi connectivity index (χ0v) is 16.4. The van der Waals surface area contributed by atoms with E-state index < -0.39 is 0 Å². The van der Waals surface area contributed by atoms with Gasteiger partial charge in [0.25, 0.3) is 0 Å². The molecular weight excluding hydrogens is 340 g/mol. The molecule has 0 saturated heterocycles. The summed E-state index contributed by atoms with van der Waals surface area (Å²) in [5, 5.41) is 7.42. The third-order valence-electron chi connectivity index (χ3n) is 3.66. The molecule has 0 aromatic carbocycles. The van der Waals surface area contributed by atoms with Gasteiger partial charge in [-0.1, -0.05) is 49.6 Å². The maximum atomic E-state index is 11.7. The second kappa shape index (κ2) is 13.4. The standard InChI is InChI=1S/C18H30N2O2S2/c1-15(2)16(21)9-5-3-4-6-10-17(22)19-13-14-23-24-18-11-7-8-12-20-18/h7-8,11,15,20H,3-6,9-10,12-14H2,1-2H3,(H,19,22). The minimum Gasteiger partial charge on any atom is -0.376 e. The molecule has 0 spiro atoms. The van der Waals surface area contributed by atoms with E-state index in [1.54, 1.807) is 21.6 Å². The first kappa shape index (κ1) is 21.2. The summed E-state index contributed by atoms with van der Waals surface area (Å²) >= 11 is 0. The Morgan fingerprint density at radius 1 is 1.21 bits per heavy atom. The van der Waals surface area contributed by atoms with Gasteiger partial charge in [-0.05, 0) is 29.7 Å². The Morgan fingerprint density at radius 3 is 2.62 bits per heavy atom. The number of hydrogen-bond donors (Lipinski definition) is 2. The third kappa shape index (κ3) is 10.8. The summed E-state index contributed by atoms with van der Waals surface area (Å²) in [7, 11) is 3.46. The van der Waals surface area contributed by atoms with Gasteiger partial charge in [0, 0.05) is 37.6 Å². The van der Waals surface area contributed by atoms with Crippen LogP contribution >= 0.6 is 21.6 Å². The van der Waals surface area contributed by atoms with Gasteiger partial charge in [0.1, 0.15) is 5.78 Å². The molecule has 0 unspecified atom stereocenters. The number of dihydropyridines is 1. The fourth-order valence-electron chi connectivity index (χ4n) is 2.15. The summed E-state index contributed by atoms with van der Waals surface area (Å²) in [6.07, 6.45) is 11.4. The topological polar surface area (TPSA) is 58.2 Å². The molecule has 1 heterocycles. The van der Waals surface area contributed by atoms with Crippen LogP contribution in [-0.2, 0) is 9.59 Å². The summed E-state index contributed by atoms with van der Waals surface area (Å²) < 4.78 is 0. The van der Waals surface area contributed by atoms with Crippen LogP contribution < -0.4 is 10.6 Å². The first-order valence-corrected chi connectivity index (χ1v) is 11.1. The Labute approximate surface area is 154 Å². The van der Waals surface area contributed by atoms with Gasteiger partial charge in [-0.15, -0.1) is 0 Å². The van der Waals surface area contributed by atoms with Crippen LogP contribution in [0.5, 0.6) is 0 Å². The summed E-state index contributed by atoms with van der Waals surface area (Å²) in [5.74, 6) is 1.53. The summed E-state index contributed by atoms with van der Waals surface area (Å²) in [6, 6.07) is 0. The number of hydrogen-bond acceptors (Lipinski definition) is 5. The SMILES string of the molecule is CC(C)C(=O)CCCCCCC(=O)NCCSSC1=CC=CCN1. The average molecular weight is 371 g/mol. The summed E-state index contributed by atoms with van der Waals surface area (Å²) in [6.45, 7) is 5.50. The Morgan fingerprint density at radius 2 is 1.96 bits per heavy atom. The molecule has 4 nitrogen and oxygen atoms in total. The number of unbranched alkanes of at least 4 members (excludes halogenated alkanes) is 3. The van der Waals surface area contributed by atoms with Gasteiger partial charge in [0.2, 0.25) is 5.91 Å². The maximum Gasteiger partial charge on any atom is 0.220 e. The molecule has 136 valence electrons. The molecule has 0 aromatic rings. The van der Waals surface area contributed by atoms with Crippen molar-refractivity contribution < 1.29 is 9.59 Å². The van der Waals surface area contributed by atoms with Gasteiger partial charge < -0.3 is 10.6 Å². The Kier molecular flexibility index (Phi) is 11.8. The number of carbonyl (C=O) groups excluding carboxylic acids is 2. The lowest BCUT2D eigenvalue weighted by Crippen LogP contribution is -2.25. The summed E-state index contributed by atoms with van der Waals surface area (Å²) in [4.78, 5) is 23.2. The van der Waals surface area contributed by atoms with Gasteiger partial charge in [-0.3, -0.25) is 9.59 Å². The van der Waals surface area contributed by atoms with Crippen LogP contribution in [-0.4, -0.2) is 30.5 Å². The molecule has 0 radical (unpaired) electrons. The van der Waals surface area contributed by atoms with Crippen LogP contribution in [0.4, 0.5) is 0 Å². The van der Waals surface area contributed by atoms with Crippen molar-refractivity contribution in [3.63, 3.8) is 0 Å². The summed E-state index contributed by atoms with van der Waals surface area (Å²) in [5.41, 5.74) is 0. The number of nitrogens with one attached hydrogen (secondary N) is 2. The van der Waals surface area contributed by atoms with E-state index in [0.29, 0.717) is 25.2 Å². The van der Waals surface area contributed by atoms with Crippen LogP contribution in [0.15, 0.2) is 23.3 Å². The van der Waals surface area contributed by atoms with Crippen molar-refractivity contribution >= 4 is 33.3 Å². The number of allylic oxidation sites excluding steroid dienone is 2. The number of Topliss-reactive ketones (excluding diaryl/α,β-unsaturated/α-hetero) is 1. The van der Waals surface area contributed by atoms with Gasteiger partial charge in [-0.2, -0.15) is 0 Å². The smallest absolute Gasteiger partial charge is 0.220 e. The number of amides is 1. The van der Waals surface area contributed by atoms with E-state index in [0.717, 1.165) is 38.0 Å². The highest BCUT2D eigenvalue weighted by atomic mass is 33.1. The normalized spacial score (nSPS) is 13.5. The van der Waals surface area contributed by atoms with E-state index in [9.17, 15) is 9.59 Å². The van der Waals surface area contributed by atoms with E-state index in [2.05, 4.69) is 28.9 Å². The zero-order valence-electron chi connectivity index (χ0n) is 14.8. The molecule has 6 heteroatoms. The molecule has 24 heavy (non-hydrogen) atoms. The largest absolute Gasteiger partial charge is 0.376 e. The highest BCUT2D eigenvalue weighted by Crippen LogP contribution is 2.28. The van der Waals surface area contributed by atoms with Crippen LogP contribution in [0.1, 0.15) is 52.4 Å². The number of carbonyl (C=O) groups is 2. The van der Waals surface area contributed by atoms with Crippen molar-refractivity contribution in [1.29, 1.82) is 0 Å². The lowest BCUT2D eigenvalue weighted by atomic mass is 10.0. The first-order valence-electron chi connectivity index (χ1n) is 8.79. The maximum absolute atomic E-state index is 11.7. The van der Waals surface area contributed by atoms with Crippen LogP contribution in [0, 0.1) is 5.92 Å². The molecule has 0 aromatic heterocycles. The fraction of sp³-hybridized carbons (Fsp3) is 0.667. The van der Waals surface area contributed by atoms with Gasteiger partial charge in [0.05, 0.1) is 5.03 Å². The monoisotopic (exact) mass is 370 g/mol. The lowest BCUT2D eigenvalue weighted by molar-refractivity contribution is -0.122. The van der Waals surface area contributed by atoms with Gasteiger partial charge in [0.15, 0.2) is 0 Å². The van der Waals surface area contributed by atoms with E-state index in [1.165, 1.54) is 5.03 Å². The first-order chi connectivity index (χ1) is 11.6. The quantitative estimate of drug-likeness (QED) is 0.378. The molecule has 1 aliphatic heterocycles. The minimum absolute atomic E-state index is 0.136. The number of rotatable bonds is 13. The molecule has 0 saturated carbocycles. The van der Waals surface area contributed by atoms with Crippen molar-refractivity contribution in [2.45, 2.75) is 52.4 Å². The van der Waals surface area contributed by atoms with Crippen molar-refractivity contribution in [1.82, 2.24) is 10.6 Å². The van der Waals surface area contributed by atoms with Crippen molar-refractivity contribution in [2.75, 3.05) is 18.8 Å². The predicted molar refractivity (Wildman–Crippen MR) is 106 cm³/mol. The van der Waals surface area contributed by atoms with Crippen molar-refractivity contribution in [2.24, 2.45) is 5.92 Å². The molecule has 0 fully saturated rings. The minimum atomic E-state index is 0.136. The van der Waals surface area contributed by atoms with Crippen LogP contribution in [0.25, 0.3) is 0 Å². The molecule has 0 bridgehead atoms. The van der Waals surface area contributed by atoms with E-state index in [1.807, 2.05) is 13.8 Å². The highest BCUT2D eigenvalue weighted by molar-refractivity contribution is 8.78. The fourth-order valence-corrected chi connectivity index (χ4v) is 4.05. The van der Waals surface area contributed by atoms with Crippen molar-refractivity contribution in [3.8, 4) is 0 Å². The molecule has 2 N–H and O–H groups in total. The van der Waals surface area contributed by atoms with Crippen LogP contribution in [0.2, 0.25) is 0 Å². The van der Waals surface area contributed by atoms with Crippen LogP contribution in [0.3, 0.4) is 0 Å². The molecule has 1 aliphatic rings. The van der Waals surface area contributed by atoms with Gasteiger partial charge in [-0.25, -0.2) is 0 Å². The second-order valence-electron chi connectivity index (χ2n) is 6.13. The predicted octanol–water partition coefficient (Wildman–Crippen LogP) is 4.05. The van der Waals surface area contributed by atoms with E-state index in [4.69, 9.17) is 0 Å². The molecule has 1 rings (SSSR count). The zero-order chi connectivity index (χ0) is 17.6. The Hall–Kier alpha value is -0.880. The Bertz CT molecular complexity index is 448. The molecule has 0 aliphatic carbocycles. The second-order valence-corrected chi connectivity index (χ2v) is 8.59. The highest BCUT2D eigenvalue weighted by Gasteiger charge is 2.06. The molecule has 0 atom stereocenters. The van der Waals surface area contributed by atoms with Crippen molar-refractivity contribution in [3.05, 3.63) is 23.3 Å². The molecular formula is C18H30N2O2S2. The van der Waals surface area contributed by atoms with E-state index in [-0.39, 0.29) is 11.8 Å². The lowest BCUT2D eigenvalue weighted by Gasteiger charge is -2.10. The average Bonchev–Trinajstić information content (AvgIpc) is 2.58. The number of ketones is 1.